The number of aliphatic hydroxyl groups excluding tert-OH is 2. The maximum Gasteiger partial charge on any atom is 0.459 e. The zero-order valence-electron chi connectivity index (χ0n) is 27.5. The predicted molar refractivity (Wildman–Crippen MR) is 175 cm³/mol. The molecule has 2 aromatic heterocycles. The van der Waals surface area contributed by atoms with Crippen molar-refractivity contribution in [2.45, 2.75) is 88.7 Å². The van der Waals surface area contributed by atoms with Gasteiger partial charge in [-0.3, -0.25) is 14.1 Å². The Labute approximate surface area is 284 Å². The van der Waals surface area contributed by atoms with E-state index in [1.807, 2.05) is 19.9 Å². The van der Waals surface area contributed by atoms with E-state index in [0.29, 0.717) is 18.4 Å². The number of hydrogen-bond acceptors (Lipinski definition) is 14. The van der Waals surface area contributed by atoms with Crippen molar-refractivity contribution in [3.05, 3.63) is 54.5 Å². The lowest BCUT2D eigenvalue weighted by atomic mass is 9.92. The van der Waals surface area contributed by atoms with Crippen LogP contribution in [-0.2, 0) is 38.5 Å². The van der Waals surface area contributed by atoms with Crippen molar-refractivity contribution in [1.29, 1.82) is 5.26 Å². The molecule has 0 aliphatic carbocycles. The zero-order valence-corrected chi connectivity index (χ0v) is 28.4. The van der Waals surface area contributed by atoms with E-state index in [2.05, 4.69) is 15.2 Å². The summed E-state index contributed by atoms with van der Waals surface area (Å²) >= 11 is 0. The number of nitrogens with zero attached hydrogens (tertiary/aromatic N) is 4. The predicted octanol–water partition coefficient (Wildman–Crippen LogP) is 3.17. The lowest BCUT2D eigenvalue weighted by molar-refractivity contribution is -0.152. The number of nitrogens with one attached hydrogen (secondary N) is 1. The Balaban J connectivity index is 1.57. The van der Waals surface area contributed by atoms with E-state index >= 15 is 0 Å². The van der Waals surface area contributed by atoms with Gasteiger partial charge in [-0.2, -0.15) is 15.4 Å². The quantitative estimate of drug-likeness (QED) is 0.0799. The van der Waals surface area contributed by atoms with Crippen LogP contribution in [0.2, 0.25) is 0 Å². The molecular weight excluding hydrogens is 659 g/mol. The molecular formula is C32H43N6O10P. The summed E-state index contributed by atoms with van der Waals surface area (Å²) in [5, 5.41) is 39.0. The molecule has 4 rings (SSSR count). The molecule has 1 aliphatic rings. The second kappa shape index (κ2) is 17.5. The minimum atomic E-state index is -4.60. The number of carbonyl (C=O) groups is 2. The SMILES string of the molecule is CCCCCOC(=O)C[C@H](N[P@](=O)(OC[C@H]1O[C@@](C#N)(c2ccc3c(N)ncnn23)[C@H](O)[C@@H]1O)Oc1ccccc1)C(=O)OCCCCC. The number of para-hydroxylation sites is 1. The molecule has 16 nitrogen and oxygen atoms in total. The number of fused-ring (bicyclic) bond motifs is 1. The number of carbonyl (C=O) groups excluding carboxylic acids is 2. The zero-order chi connectivity index (χ0) is 35.4. The molecule has 0 amide bonds. The molecule has 1 aliphatic heterocycles. The topological polar surface area (TPSA) is 230 Å². The van der Waals surface area contributed by atoms with Crippen molar-refractivity contribution in [1.82, 2.24) is 19.7 Å². The normalized spacial score (nSPS) is 22.2. The summed E-state index contributed by atoms with van der Waals surface area (Å²) in [4.78, 5) is 29.9. The van der Waals surface area contributed by atoms with Crippen LogP contribution >= 0.6 is 7.75 Å². The van der Waals surface area contributed by atoms with Gasteiger partial charge in [0.1, 0.15) is 48.0 Å². The number of unbranched alkanes of at least 4 members (excludes halogenated alkanes) is 4. The summed E-state index contributed by atoms with van der Waals surface area (Å²) in [6, 6.07) is 11.3. The number of aromatic nitrogens is 3. The highest BCUT2D eigenvalue weighted by molar-refractivity contribution is 7.52. The molecule has 0 saturated carbocycles. The molecule has 1 aromatic carbocycles. The maximum atomic E-state index is 14.4. The summed E-state index contributed by atoms with van der Waals surface area (Å²) in [6.45, 7) is 3.52. The number of rotatable bonds is 19. The first-order chi connectivity index (χ1) is 23.6. The van der Waals surface area contributed by atoms with Gasteiger partial charge in [-0.1, -0.05) is 57.7 Å². The number of ether oxygens (including phenoxy) is 3. The van der Waals surface area contributed by atoms with Crippen LogP contribution in [0.1, 0.15) is 64.5 Å². The number of nitrogens with two attached hydrogens (primary N) is 1. The largest absolute Gasteiger partial charge is 0.466 e. The molecule has 0 radical (unpaired) electrons. The van der Waals surface area contributed by atoms with Crippen molar-refractivity contribution < 1.29 is 47.6 Å². The summed E-state index contributed by atoms with van der Waals surface area (Å²) in [6.07, 6.45) is 0.335. The van der Waals surface area contributed by atoms with E-state index < -0.39 is 62.7 Å². The van der Waals surface area contributed by atoms with E-state index in [-0.39, 0.29) is 30.5 Å². The van der Waals surface area contributed by atoms with Crippen LogP contribution in [0.15, 0.2) is 48.8 Å². The number of esters is 2. The molecule has 3 aromatic rings. The van der Waals surface area contributed by atoms with Crippen molar-refractivity contribution in [2.24, 2.45) is 0 Å². The number of hydrogen-bond donors (Lipinski definition) is 4. The van der Waals surface area contributed by atoms with Gasteiger partial charge in [0.25, 0.3) is 0 Å². The standard InChI is InChI=1S/C32H43N6O10P/c1-3-5-10-16-44-27(39)18-23(31(42)45-17-11-6-4-2)37-49(43,48-22-12-8-7-9-13-22)46-19-25-28(40)29(41)32(20-33,47-25)26-15-14-24-30(34)35-21-36-38(24)26/h7-9,12-15,21,23,25,28-29,40-41H,3-6,10-11,16-19H2,1-2H3,(H,37,43)(H2,34,35,36)/t23-,25+,28+,29+,32-,49-/m0/s1. The number of nitriles is 1. The fourth-order valence-corrected chi connectivity index (χ4v) is 6.69. The van der Waals surface area contributed by atoms with Gasteiger partial charge in [0.15, 0.2) is 5.82 Å². The van der Waals surface area contributed by atoms with E-state index in [4.69, 9.17) is 29.0 Å². The Morgan fingerprint density at radius 1 is 1.10 bits per heavy atom. The molecule has 1 saturated heterocycles. The number of benzene rings is 1. The van der Waals surface area contributed by atoms with E-state index in [1.54, 1.807) is 18.2 Å². The van der Waals surface area contributed by atoms with Gasteiger partial charge >= 0.3 is 19.7 Å². The minimum absolute atomic E-state index is 0.0540. The Hall–Kier alpha value is -4.10. The fraction of sp³-hybridized carbons (Fsp3) is 0.531. The molecule has 0 bridgehead atoms. The first-order valence-electron chi connectivity index (χ1n) is 16.2. The summed E-state index contributed by atoms with van der Waals surface area (Å²) in [5.41, 5.74) is 4.16. The van der Waals surface area contributed by atoms with E-state index in [1.165, 1.54) is 28.8 Å². The Morgan fingerprint density at radius 3 is 2.47 bits per heavy atom. The molecule has 0 unspecified atom stereocenters. The van der Waals surface area contributed by atoms with Crippen LogP contribution in [0.5, 0.6) is 5.75 Å². The van der Waals surface area contributed by atoms with Gasteiger partial charge < -0.3 is 34.7 Å². The fourth-order valence-electron chi connectivity index (χ4n) is 5.19. The second-order valence-electron chi connectivity index (χ2n) is 11.5. The van der Waals surface area contributed by atoms with Crippen LogP contribution in [0.25, 0.3) is 5.52 Å². The maximum absolute atomic E-state index is 14.4. The summed E-state index contributed by atoms with van der Waals surface area (Å²) in [7, 11) is -4.60. The highest BCUT2D eigenvalue weighted by Crippen LogP contribution is 2.47. The summed E-state index contributed by atoms with van der Waals surface area (Å²) in [5.74, 6) is -1.41. The highest BCUT2D eigenvalue weighted by Gasteiger charge is 2.58. The molecule has 1 fully saturated rings. The van der Waals surface area contributed by atoms with Crippen LogP contribution in [0.4, 0.5) is 5.82 Å². The molecule has 5 N–H and O–H groups in total. The van der Waals surface area contributed by atoms with Crippen LogP contribution in [0.3, 0.4) is 0 Å². The summed E-state index contributed by atoms with van der Waals surface area (Å²) < 4.78 is 43.7. The number of nitrogen functional groups attached to an aromatic ring is 1. The third kappa shape index (κ3) is 9.33. The van der Waals surface area contributed by atoms with Crippen molar-refractivity contribution in [2.75, 3.05) is 25.6 Å². The monoisotopic (exact) mass is 702 g/mol. The van der Waals surface area contributed by atoms with Gasteiger partial charge in [-0.05, 0) is 37.1 Å². The smallest absolute Gasteiger partial charge is 0.459 e. The third-order valence-corrected chi connectivity index (χ3v) is 9.40. The molecule has 17 heteroatoms. The molecule has 266 valence electrons. The highest BCUT2D eigenvalue weighted by atomic mass is 31.2. The van der Waals surface area contributed by atoms with Crippen LogP contribution in [0, 0.1) is 11.3 Å². The first-order valence-corrected chi connectivity index (χ1v) is 17.7. The van der Waals surface area contributed by atoms with E-state index in [9.17, 15) is 29.6 Å². The Kier molecular flexibility index (Phi) is 13.5. The van der Waals surface area contributed by atoms with Crippen molar-refractivity contribution >= 4 is 31.0 Å². The van der Waals surface area contributed by atoms with Crippen LogP contribution in [-0.4, -0.2) is 80.9 Å². The first kappa shape index (κ1) is 37.7. The van der Waals surface area contributed by atoms with Crippen molar-refractivity contribution in [3.8, 4) is 11.8 Å². The van der Waals surface area contributed by atoms with Gasteiger partial charge in [-0.25, -0.2) is 14.1 Å². The number of anilines is 1. The van der Waals surface area contributed by atoms with Gasteiger partial charge in [0, 0.05) is 0 Å². The number of aliphatic hydroxyl groups is 2. The average Bonchev–Trinajstić information content (AvgIpc) is 3.64. The lowest BCUT2D eigenvalue weighted by Gasteiger charge is -2.26. The molecule has 6 atom stereocenters. The average molecular weight is 703 g/mol. The van der Waals surface area contributed by atoms with Gasteiger partial charge in [-0.15, -0.1) is 0 Å². The van der Waals surface area contributed by atoms with Gasteiger partial charge in [0.2, 0.25) is 5.60 Å². The van der Waals surface area contributed by atoms with Crippen LogP contribution < -0.4 is 15.3 Å². The molecule has 3 heterocycles. The Morgan fingerprint density at radius 2 is 1.80 bits per heavy atom. The Bertz CT molecular complexity index is 1640. The minimum Gasteiger partial charge on any atom is -0.466 e. The third-order valence-electron chi connectivity index (χ3n) is 7.84. The second-order valence-corrected chi connectivity index (χ2v) is 13.2. The van der Waals surface area contributed by atoms with Crippen molar-refractivity contribution in [3.63, 3.8) is 0 Å². The van der Waals surface area contributed by atoms with E-state index in [0.717, 1.165) is 32.0 Å². The lowest BCUT2D eigenvalue weighted by Crippen LogP contribution is -2.41. The molecule has 0 spiro atoms. The molecule has 49 heavy (non-hydrogen) atoms. The van der Waals surface area contributed by atoms with Gasteiger partial charge in [0.05, 0.1) is 31.9 Å².